The summed E-state index contributed by atoms with van der Waals surface area (Å²) in [4.78, 5) is 21.5. The minimum Gasteiger partial charge on any atom is -0.379 e. The van der Waals surface area contributed by atoms with Gasteiger partial charge in [0.2, 0.25) is 5.91 Å². The highest BCUT2D eigenvalue weighted by molar-refractivity contribution is 5.75. The van der Waals surface area contributed by atoms with Crippen LogP contribution in [-0.4, -0.2) is 57.9 Å². The summed E-state index contributed by atoms with van der Waals surface area (Å²) in [5, 5.41) is 2.71. The number of hydrogen-bond acceptors (Lipinski definition) is 5. The maximum absolute atomic E-state index is 10.9. The molecule has 1 amide bonds. The molecule has 0 atom stereocenters. The lowest BCUT2D eigenvalue weighted by molar-refractivity contribution is -0.121. The van der Waals surface area contributed by atoms with Crippen LogP contribution < -0.4 is 5.32 Å². The van der Waals surface area contributed by atoms with Crippen molar-refractivity contribution in [3.63, 3.8) is 0 Å². The third-order valence-electron chi connectivity index (χ3n) is 2.23. The maximum atomic E-state index is 10.9. The fraction of sp³-hybridized carbons (Fsp3) is 0.846. The fourth-order valence-electron chi connectivity index (χ4n) is 1.15. The van der Waals surface area contributed by atoms with E-state index < -0.39 is 0 Å². The van der Waals surface area contributed by atoms with Crippen LogP contribution in [0, 0.1) is 0 Å². The van der Waals surface area contributed by atoms with E-state index in [1.165, 1.54) is 0 Å². The van der Waals surface area contributed by atoms with Gasteiger partial charge in [0, 0.05) is 19.4 Å². The van der Waals surface area contributed by atoms with E-state index in [1.54, 1.807) is 6.92 Å². The first kappa shape index (κ1) is 18.0. The summed E-state index contributed by atoms with van der Waals surface area (Å²) in [5.41, 5.74) is 0. The van der Waals surface area contributed by atoms with Crippen molar-refractivity contribution in [2.45, 2.75) is 26.7 Å². The number of nitrogens with one attached hydrogen (secondary N) is 1. The Morgan fingerprint density at radius 2 is 1.42 bits per heavy atom. The van der Waals surface area contributed by atoms with Gasteiger partial charge in [-0.25, -0.2) is 0 Å². The summed E-state index contributed by atoms with van der Waals surface area (Å²) < 4.78 is 15.7. The molecule has 0 saturated carbocycles. The molecule has 0 aliphatic carbocycles. The number of Topliss-reactive ketones (excluding diaryl/α,β-unsaturated/α-hetero) is 1. The molecule has 0 aliphatic heterocycles. The first-order chi connectivity index (χ1) is 9.16. The van der Waals surface area contributed by atoms with Gasteiger partial charge in [-0.2, -0.15) is 0 Å². The topological polar surface area (TPSA) is 73.9 Å². The molecule has 112 valence electrons. The van der Waals surface area contributed by atoms with E-state index in [0.717, 1.165) is 0 Å². The largest absolute Gasteiger partial charge is 0.379 e. The fourth-order valence-corrected chi connectivity index (χ4v) is 1.15. The molecule has 1 N–H and O–H groups in total. The molecule has 0 aromatic rings. The van der Waals surface area contributed by atoms with Gasteiger partial charge < -0.3 is 19.5 Å². The lowest BCUT2D eigenvalue weighted by Gasteiger charge is -2.07. The smallest absolute Gasteiger partial charge is 0.219 e. The predicted molar refractivity (Wildman–Crippen MR) is 71.1 cm³/mol. The van der Waals surface area contributed by atoms with Crippen molar-refractivity contribution in [3.05, 3.63) is 0 Å². The zero-order valence-corrected chi connectivity index (χ0v) is 11.9. The van der Waals surface area contributed by atoms with E-state index in [4.69, 9.17) is 14.2 Å². The van der Waals surface area contributed by atoms with Gasteiger partial charge in [-0.1, -0.05) is 6.92 Å². The van der Waals surface area contributed by atoms with Crippen LogP contribution in [0.5, 0.6) is 0 Å². The number of carbonyl (C=O) groups excluding carboxylic acids is 2. The molecule has 0 fully saturated rings. The first-order valence-corrected chi connectivity index (χ1v) is 6.66. The molecule has 0 heterocycles. The molecule has 0 aromatic heterocycles. The molecule has 0 unspecified atom stereocenters. The number of ether oxygens (including phenoxy) is 3. The zero-order chi connectivity index (χ0) is 14.3. The molecule has 6 heteroatoms. The van der Waals surface area contributed by atoms with Crippen molar-refractivity contribution in [2.75, 3.05) is 46.2 Å². The highest BCUT2D eigenvalue weighted by Gasteiger charge is 1.96. The van der Waals surface area contributed by atoms with Crippen molar-refractivity contribution >= 4 is 11.7 Å². The van der Waals surface area contributed by atoms with E-state index in [-0.39, 0.29) is 11.7 Å². The van der Waals surface area contributed by atoms with Crippen LogP contribution in [0.25, 0.3) is 0 Å². The Balaban J connectivity index is 3.03. The van der Waals surface area contributed by atoms with Gasteiger partial charge in [-0.3, -0.25) is 9.59 Å². The summed E-state index contributed by atoms with van der Waals surface area (Å²) in [6.07, 6.45) is 0.944. The van der Waals surface area contributed by atoms with Gasteiger partial charge in [0.15, 0.2) is 0 Å². The SMILES string of the molecule is CCC(=O)NCCOCCOCCOCCC(C)=O. The van der Waals surface area contributed by atoms with Gasteiger partial charge in [0.25, 0.3) is 0 Å². The number of ketones is 1. The highest BCUT2D eigenvalue weighted by atomic mass is 16.5. The molecule has 0 aromatic carbocycles. The standard InChI is InChI=1S/C13H25NO5/c1-3-13(16)14-5-7-18-9-11-19-10-8-17-6-4-12(2)15/h3-11H2,1-2H3,(H,14,16). The number of carbonyl (C=O) groups is 2. The summed E-state index contributed by atoms with van der Waals surface area (Å²) in [5.74, 6) is 0.159. The molecule has 6 nitrogen and oxygen atoms in total. The van der Waals surface area contributed by atoms with Crippen molar-refractivity contribution in [3.8, 4) is 0 Å². The third kappa shape index (κ3) is 15.0. The third-order valence-corrected chi connectivity index (χ3v) is 2.23. The quantitative estimate of drug-likeness (QED) is 0.497. The number of amides is 1. The van der Waals surface area contributed by atoms with E-state index in [2.05, 4.69) is 5.32 Å². The summed E-state index contributed by atoms with van der Waals surface area (Å²) in [6, 6.07) is 0. The van der Waals surface area contributed by atoms with E-state index in [0.29, 0.717) is 59.0 Å². The minimum absolute atomic E-state index is 0.0301. The van der Waals surface area contributed by atoms with Crippen LogP contribution in [0.3, 0.4) is 0 Å². The molecule has 19 heavy (non-hydrogen) atoms. The normalized spacial score (nSPS) is 10.4. The highest BCUT2D eigenvalue weighted by Crippen LogP contribution is 1.85. The van der Waals surface area contributed by atoms with Gasteiger partial charge in [-0.05, 0) is 6.92 Å². The number of hydrogen-bond donors (Lipinski definition) is 1. The monoisotopic (exact) mass is 275 g/mol. The van der Waals surface area contributed by atoms with Crippen LogP contribution in [-0.2, 0) is 23.8 Å². The molecular formula is C13H25NO5. The molecular weight excluding hydrogens is 250 g/mol. The molecule has 0 rings (SSSR count). The molecule has 0 bridgehead atoms. The van der Waals surface area contributed by atoms with E-state index in [1.807, 2.05) is 6.92 Å². The summed E-state index contributed by atoms with van der Waals surface area (Å²) in [7, 11) is 0. The lowest BCUT2D eigenvalue weighted by Crippen LogP contribution is -2.26. The van der Waals surface area contributed by atoms with Crippen molar-refractivity contribution in [1.29, 1.82) is 0 Å². The van der Waals surface area contributed by atoms with Crippen molar-refractivity contribution < 1.29 is 23.8 Å². The van der Waals surface area contributed by atoms with E-state index >= 15 is 0 Å². The van der Waals surface area contributed by atoms with E-state index in [9.17, 15) is 9.59 Å². The first-order valence-electron chi connectivity index (χ1n) is 6.66. The Morgan fingerprint density at radius 3 is 1.95 bits per heavy atom. The predicted octanol–water partition coefficient (Wildman–Crippen LogP) is 0.542. The van der Waals surface area contributed by atoms with Crippen molar-refractivity contribution in [1.82, 2.24) is 5.32 Å². The summed E-state index contributed by atoms with van der Waals surface area (Å²) >= 11 is 0. The maximum Gasteiger partial charge on any atom is 0.219 e. The average Bonchev–Trinajstić information content (AvgIpc) is 2.39. The van der Waals surface area contributed by atoms with Crippen LogP contribution in [0.1, 0.15) is 26.7 Å². The van der Waals surface area contributed by atoms with Crippen LogP contribution in [0.2, 0.25) is 0 Å². The van der Waals surface area contributed by atoms with Gasteiger partial charge >= 0.3 is 0 Å². The van der Waals surface area contributed by atoms with Gasteiger partial charge in [0.1, 0.15) is 5.78 Å². The van der Waals surface area contributed by atoms with Crippen LogP contribution in [0.15, 0.2) is 0 Å². The second kappa shape index (κ2) is 13.5. The van der Waals surface area contributed by atoms with Crippen molar-refractivity contribution in [2.24, 2.45) is 0 Å². The molecule has 0 aliphatic rings. The minimum atomic E-state index is 0.0301. The molecule has 0 saturated heterocycles. The van der Waals surface area contributed by atoms with Gasteiger partial charge in [0.05, 0.1) is 39.6 Å². The molecule has 0 spiro atoms. The Bertz CT molecular complexity index is 245. The second-order valence-corrected chi connectivity index (χ2v) is 3.99. The lowest BCUT2D eigenvalue weighted by atomic mass is 10.3. The Labute approximate surface area is 114 Å². The van der Waals surface area contributed by atoms with Crippen LogP contribution >= 0.6 is 0 Å². The van der Waals surface area contributed by atoms with Gasteiger partial charge in [-0.15, -0.1) is 0 Å². The second-order valence-electron chi connectivity index (χ2n) is 3.99. The Morgan fingerprint density at radius 1 is 0.895 bits per heavy atom. The summed E-state index contributed by atoms with van der Waals surface area (Å²) in [6.45, 7) is 6.79. The number of rotatable bonds is 13. The Hall–Kier alpha value is -0.980. The average molecular weight is 275 g/mol. The zero-order valence-electron chi connectivity index (χ0n) is 11.9. The van der Waals surface area contributed by atoms with Crippen LogP contribution in [0.4, 0.5) is 0 Å². The Kier molecular flexibility index (Phi) is 12.8. The molecule has 0 radical (unpaired) electrons.